The highest BCUT2D eigenvalue weighted by molar-refractivity contribution is 6.33. The summed E-state index contributed by atoms with van der Waals surface area (Å²) in [5.41, 5.74) is 17.1. The van der Waals surface area contributed by atoms with Gasteiger partial charge < -0.3 is 33.1 Å². The summed E-state index contributed by atoms with van der Waals surface area (Å²) in [5.74, 6) is -11.6. The highest BCUT2D eigenvalue weighted by atomic mass is 16.3. The Balaban J connectivity index is 1.81. The normalized spacial score (nSPS) is 40.5. The molecule has 0 heterocycles. The van der Waals surface area contributed by atoms with Crippen LogP contribution in [0.3, 0.4) is 0 Å². The topological polar surface area (TPSA) is 257 Å². The number of nitriles is 1. The van der Waals surface area contributed by atoms with Crippen LogP contribution in [0.15, 0.2) is 24.3 Å². The van der Waals surface area contributed by atoms with Gasteiger partial charge in [-0.25, -0.2) is 0 Å². The SMILES string of the molecule is CN(C)[C@@H]1C(=O)C(C(N)=O)C(=O)[C@@]2(C#N)C(=O)C3C(=O)c4c(ccc(C5C=CCC5)c4O)C(N)[C@@]3(N)[C@H](O)[C@@]12N. The Hall–Kier alpha value is -3.80. The maximum Gasteiger partial charge on any atom is 0.235 e. The summed E-state index contributed by atoms with van der Waals surface area (Å²) >= 11 is 0. The van der Waals surface area contributed by atoms with Gasteiger partial charge in [-0.2, -0.15) is 5.26 Å². The van der Waals surface area contributed by atoms with E-state index in [1.54, 1.807) is 12.1 Å². The smallest absolute Gasteiger partial charge is 0.235 e. The number of rotatable bonds is 3. The number of amides is 1. The van der Waals surface area contributed by atoms with Gasteiger partial charge in [-0.15, -0.1) is 0 Å². The van der Waals surface area contributed by atoms with Crippen LogP contribution < -0.4 is 22.9 Å². The van der Waals surface area contributed by atoms with Crippen LogP contribution in [0.25, 0.3) is 0 Å². The lowest BCUT2D eigenvalue weighted by molar-refractivity contribution is -0.181. The second-order valence-corrected chi connectivity index (χ2v) is 11.4. The monoisotopic (exact) mass is 550 g/mol. The first-order valence-corrected chi connectivity index (χ1v) is 12.7. The number of hydrogen-bond donors (Lipinski definition) is 6. The van der Waals surface area contributed by atoms with Crippen molar-refractivity contribution in [2.24, 2.45) is 40.2 Å². The number of benzene rings is 1. The summed E-state index contributed by atoms with van der Waals surface area (Å²) in [4.78, 5) is 69.2. The molecule has 1 aromatic carbocycles. The average molecular weight is 551 g/mol. The largest absolute Gasteiger partial charge is 0.507 e. The number of phenolic OH excluding ortho intramolecular Hbond substituents is 1. The van der Waals surface area contributed by atoms with Gasteiger partial charge in [0, 0.05) is 11.5 Å². The summed E-state index contributed by atoms with van der Waals surface area (Å²) < 4.78 is 0. The Kier molecular flexibility index (Phi) is 5.97. The van der Waals surface area contributed by atoms with Crippen LogP contribution in [0.1, 0.15) is 46.3 Å². The second kappa shape index (κ2) is 8.60. The van der Waals surface area contributed by atoms with Gasteiger partial charge in [0.15, 0.2) is 34.5 Å². The minimum Gasteiger partial charge on any atom is -0.507 e. The molecule has 13 nitrogen and oxygen atoms in total. The lowest BCUT2D eigenvalue weighted by Gasteiger charge is -2.64. The van der Waals surface area contributed by atoms with Gasteiger partial charge >= 0.3 is 0 Å². The number of nitrogens with two attached hydrogens (primary N) is 4. The third-order valence-corrected chi connectivity index (χ3v) is 9.35. The molecule has 5 rings (SSSR count). The number of phenols is 1. The van der Waals surface area contributed by atoms with Crippen molar-refractivity contribution in [2.75, 3.05) is 14.1 Å². The van der Waals surface area contributed by atoms with Crippen LogP contribution in [0.2, 0.25) is 0 Å². The van der Waals surface area contributed by atoms with Crippen molar-refractivity contribution < 1.29 is 34.2 Å². The van der Waals surface area contributed by atoms with E-state index in [0.717, 1.165) is 11.3 Å². The van der Waals surface area contributed by atoms with Crippen molar-refractivity contribution in [3.63, 3.8) is 0 Å². The Labute approximate surface area is 228 Å². The van der Waals surface area contributed by atoms with E-state index in [1.807, 2.05) is 12.2 Å². The van der Waals surface area contributed by atoms with E-state index in [1.165, 1.54) is 20.2 Å². The Morgan fingerprint density at radius 2 is 1.75 bits per heavy atom. The molecule has 13 heteroatoms. The van der Waals surface area contributed by atoms with Crippen LogP contribution in [0, 0.1) is 28.6 Å². The van der Waals surface area contributed by atoms with E-state index in [9.17, 15) is 39.4 Å². The van der Waals surface area contributed by atoms with Crippen LogP contribution in [-0.2, 0) is 19.2 Å². The molecule has 40 heavy (non-hydrogen) atoms. The molecule has 0 radical (unpaired) electrons. The molecule has 0 spiro atoms. The fourth-order valence-electron chi connectivity index (χ4n) is 7.46. The number of Topliss-reactive ketones (excluding diaryl/α,β-unsaturated/α-hetero) is 4. The molecular formula is C27H30N6O7. The van der Waals surface area contributed by atoms with Crippen LogP contribution in [0.4, 0.5) is 0 Å². The summed E-state index contributed by atoms with van der Waals surface area (Å²) in [7, 11) is 2.66. The van der Waals surface area contributed by atoms with E-state index < -0.39 is 81.3 Å². The number of likely N-dealkylation sites (N-methyl/N-ethyl adjacent to an activating group) is 1. The lowest BCUT2D eigenvalue weighted by Crippen LogP contribution is -2.92. The number of ketones is 4. The maximum atomic E-state index is 14.4. The maximum absolute atomic E-state index is 14.4. The molecule has 9 atom stereocenters. The van der Waals surface area contributed by atoms with E-state index in [-0.39, 0.29) is 17.0 Å². The van der Waals surface area contributed by atoms with Crippen molar-refractivity contribution in [2.45, 2.75) is 48.0 Å². The first kappa shape index (κ1) is 27.8. The molecule has 4 aliphatic rings. The highest BCUT2D eigenvalue weighted by Crippen LogP contribution is 2.58. The summed E-state index contributed by atoms with van der Waals surface area (Å²) in [6.07, 6.45) is 2.94. The average Bonchev–Trinajstić information content (AvgIpc) is 3.40. The fourth-order valence-corrected chi connectivity index (χ4v) is 7.46. The van der Waals surface area contributed by atoms with Gasteiger partial charge in [0.05, 0.1) is 40.9 Å². The number of fused-ring (bicyclic) bond motifs is 3. The quantitative estimate of drug-likeness (QED) is 0.171. The number of hydrogen-bond acceptors (Lipinski definition) is 12. The van der Waals surface area contributed by atoms with Crippen molar-refractivity contribution in [1.29, 1.82) is 5.26 Å². The predicted molar refractivity (Wildman–Crippen MR) is 137 cm³/mol. The zero-order valence-corrected chi connectivity index (χ0v) is 21.8. The van der Waals surface area contributed by atoms with E-state index in [4.69, 9.17) is 22.9 Å². The predicted octanol–water partition coefficient (Wildman–Crippen LogP) is -2.33. The molecule has 2 saturated carbocycles. The minimum atomic E-state index is -3.09. The molecule has 1 amide bonds. The van der Waals surface area contributed by atoms with E-state index >= 15 is 0 Å². The van der Waals surface area contributed by atoms with Crippen molar-refractivity contribution in [3.8, 4) is 11.8 Å². The van der Waals surface area contributed by atoms with Gasteiger partial charge in [-0.3, -0.25) is 28.9 Å². The number of nitrogens with zero attached hydrogens (tertiary/aromatic N) is 2. The Morgan fingerprint density at radius 1 is 1.12 bits per heavy atom. The van der Waals surface area contributed by atoms with Crippen LogP contribution in [-0.4, -0.2) is 81.5 Å². The van der Waals surface area contributed by atoms with Crippen LogP contribution in [0.5, 0.6) is 5.75 Å². The van der Waals surface area contributed by atoms with Crippen molar-refractivity contribution >= 4 is 29.0 Å². The summed E-state index contributed by atoms with van der Waals surface area (Å²) in [6.45, 7) is 0. The van der Waals surface area contributed by atoms with E-state index in [0.29, 0.717) is 12.0 Å². The Morgan fingerprint density at radius 3 is 2.27 bits per heavy atom. The zero-order valence-electron chi connectivity index (χ0n) is 21.8. The molecule has 10 N–H and O–H groups in total. The molecule has 210 valence electrons. The first-order valence-electron chi connectivity index (χ1n) is 12.7. The van der Waals surface area contributed by atoms with Crippen molar-refractivity contribution in [3.05, 3.63) is 41.0 Å². The number of allylic oxidation sites excluding steroid dienone is 2. The molecular weight excluding hydrogens is 520 g/mol. The van der Waals surface area contributed by atoms with Gasteiger partial charge in [0.2, 0.25) is 5.91 Å². The zero-order chi connectivity index (χ0) is 29.7. The molecule has 0 aromatic heterocycles. The minimum absolute atomic E-state index is 0.0248. The molecule has 1 aromatic rings. The number of primary amides is 1. The fraction of sp³-hybridized carbons (Fsp3) is 0.481. The molecule has 2 fully saturated rings. The third kappa shape index (κ3) is 2.89. The summed E-state index contributed by atoms with van der Waals surface area (Å²) in [6, 6.07) is 1.33. The molecule has 0 aliphatic heterocycles. The number of aliphatic hydroxyl groups excluding tert-OH is 1. The number of aliphatic hydroxyl groups is 1. The van der Waals surface area contributed by atoms with E-state index in [2.05, 4.69) is 0 Å². The van der Waals surface area contributed by atoms with Gasteiger partial charge in [0.25, 0.3) is 0 Å². The third-order valence-electron chi connectivity index (χ3n) is 9.35. The standard InChI is InChI=1S/C27H30N6O7/c1-33(2)20-18(36)14(23(30)39)21(37)25(9-28)22(38)15-17(35)13-12(19(29)26(15,31)24(40)27(20,25)32)8-7-11(16(13)34)10-5-3-4-6-10/h3,5,7-8,10,14-15,19-20,24,34,40H,4,6,29,31-32H2,1-2H3,(H2,30,39)/t10?,14?,15?,19?,20-,24+,25+,26-,27+/m1/s1. The summed E-state index contributed by atoms with van der Waals surface area (Å²) in [5, 5.41) is 33.6. The molecule has 0 saturated heterocycles. The van der Waals surface area contributed by atoms with Gasteiger partial charge in [-0.05, 0) is 32.5 Å². The molecule has 4 aliphatic carbocycles. The van der Waals surface area contributed by atoms with Crippen LogP contribution >= 0.6 is 0 Å². The highest BCUT2D eigenvalue weighted by Gasteiger charge is 2.83. The first-order chi connectivity index (χ1) is 18.6. The lowest BCUT2D eigenvalue weighted by atomic mass is 9.41. The Bertz CT molecular complexity index is 1480. The van der Waals surface area contributed by atoms with Gasteiger partial charge in [0.1, 0.15) is 11.7 Å². The molecule has 0 bridgehead atoms. The second-order valence-electron chi connectivity index (χ2n) is 11.4. The number of carbonyl (C=O) groups is 5. The number of carbonyl (C=O) groups excluding carboxylic acids is 5. The van der Waals surface area contributed by atoms with Gasteiger partial charge in [-0.1, -0.05) is 24.3 Å². The number of aromatic hydroxyl groups is 1. The van der Waals surface area contributed by atoms with Crippen molar-refractivity contribution in [1.82, 2.24) is 4.90 Å². The molecule has 4 unspecified atom stereocenters.